The Labute approximate surface area is 125 Å². The van der Waals surface area contributed by atoms with Gasteiger partial charge in [0.2, 0.25) is 0 Å². The lowest BCUT2D eigenvalue weighted by molar-refractivity contribution is 0.209. The van der Waals surface area contributed by atoms with Crippen LogP contribution in [0.25, 0.3) is 0 Å². The van der Waals surface area contributed by atoms with Crippen molar-refractivity contribution in [2.75, 3.05) is 11.9 Å². The predicted molar refractivity (Wildman–Crippen MR) is 85.4 cm³/mol. The van der Waals surface area contributed by atoms with Crippen LogP contribution in [0.5, 0.6) is 0 Å². The van der Waals surface area contributed by atoms with Gasteiger partial charge in [-0.25, -0.2) is 4.79 Å². The summed E-state index contributed by atoms with van der Waals surface area (Å²) in [5.74, 6) is 0.433. The zero-order valence-corrected chi connectivity index (χ0v) is 12.2. The smallest absolute Gasteiger partial charge is 0.321 e. The summed E-state index contributed by atoms with van der Waals surface area (Å²) in [6, 6.07) is 20.3. The summed E-state index contributed by atoms with van der Waals surface area (Å²) in [7, 11) is 0. The number of benzene rings is 2. The maximum absolute atomic E-state index is 12.4. The van der Waals surface area contributed by atoms with Gasteiger partial charge in [-0.15, -0.1) is 0 Å². The Bertz CT molecular complexity index is 597. The van der Waals surface area contributed by atoms with Crippen molar-refractivity contribution in [2.24, 2.45) is 0 Å². The summed E-state index contributed by atoms with van der Waals surface area (Å²) in [6.45, 7) is 2.90. The third kappa shape index (κ3) is 3.07. The monoisotopic (exact) mass is 280 g/mol. The Morgan fingerprint density at radius 3 is 2.33 bits per heavy atom. The SMILES string of the molecule is C[C@H]1C[C@@H](c2ccccc2)CN1C(=O)Nc1ccccc1. The molecule has 0 saturated carbocycles. The number of likely N-dealkylation sites (tertiary alicyclic amines) is 1. The summed E-state index contributed by atoms with van der Waals surface area (Å²) >= 11 is 0. The van der Waals surface area contributed by atoms with Crippen molar-refractivity contribution in [3.8, 4) is 0 Å². The first kappa shape index (κ1) is 13.7. The van der Waals surface area contributed by atoms with Crippen molar-refractivity contribution in [3.63, 3.8) is 0 Å². The van der Waals surface area contributed by atoms with Crippen LogP contribution in [0.1, 0.15) is 24.8 Å². The van der Waals surface area contributed by atoms with E-state index in [4.69, 9.17) is 0 Å². The van der Waals surface area contributed by atoms with Crippen LogP contribution in [0.15, 0.2) is 60.7 Å². The summed E-state index contributed by atoms with van der Waals surface area (Å²) in [5, 5.41) is 2.97. The maximum Gasteiger partial charge on any atom is 0.322 e. The van der Waals surface area contributed by atoms with Gasteiger partial charge in [-0.3, -0.25) is 0 Å². The van der Waals surface area contributed by atoms with E-state index in [-0.39, 0.29) is 12.1 Å². The number of carbonyl (C=O) groups excluding carboxylic acids is 1. The quantitative estimate of drug-likeness (QED) is 0.882. The Hall–Kier alpha value is -2.29. The fraction of sp³-hybridized carbons (Fsp3) is 0.278. The third-order valence-corrected chi connectivity index (χ3v) is 4.13. The number of anilines is 1. The number of para-hydroxylation sites is 1. The normalized spacial score (nSPS) is 21.3. The Morgan fingerprint density at radius 2 is 1.67 bits per heavy atom. The molecule has 0 aromatic heterocycles. The van der Waals surface area contributed by atoms with Gasteiger partial charge in [0.1, 0.15) is 0 Å². The second-order valence-electron chi connectivity index (χ2n) is 5.64. The first-order valence-electron chi connectivity index (χ1n) is 7.41. The van der Waals surface area contributed by atoms with Crippen LogP contribution in [0.3, 0.4) is 0 Å². The number of amides is 2. The summed E-state index contributed by atoms with van der Waals surface area (Å²) in [6.07, 6.45) is 1.02. The van der Waals surface area contributed by atoms with Gasteiger partial charge in [0, 0.05) is 24.2 Å². The van der Waals surface area contributed by atoms with Crippen molar-refractivity contribution in [1.29, 1.82) is 0 Å². The van der Waals surface area contributed by atoms with Gasteiger partial charge in [0.05, 0.1) is 0 Å². The number of urea groups is 1. The zero-order valence-electron chi connectivity index (χ0n) is 12.2. The van der Waals surface area contributed by atoms with Gasteiger partial charge >= 0.3 is 6.03 Å². The van der Waals surface area contributed by atoms with Gasteiger partial charge in [0.15, 0.2) is 0 Å². The number of hydrogen-bond donors (Lipinski definition) is 1. The highest BCUT2D eigenvalue weighted by molar-refractivity contribution is 5.89. The van der Waals surface area contributed by atoms with E-state index in [0.717, 1.165) is 18.7 Å². The van der Waals surface area contributed by atoms with E-state index >= 15 is 0 Å². The van der Waals surface area contributed by atoms with Gasteiger partial charge in [0.25, 0.3) is 0 Å². The van der Waals surface area contributed by atoms with Crippen LogP contribution >= 0.6 is 0 Å². The molecule has 1 aliphatic rings. The number of nitrogens with one attached hydrogen (secondary N) is 1. The topological polar surface area (TPSA) is 32.3 Å². The molecule has 21 heavy (non-hydrogen) atoms. The molecule has 108 valence electrons. The minimum Gasteiger partial charge on any atom is -0.321 e. The van der Waals surface area contributed by atoms with Crippen molar-refractivity contribution in [2.45, 2.75) is 25.3 Å². The largest absolute Gasteiger partial charge is 0.322 e. The molecular formula is C18H20N2O. The molecule has 0 bridgehead atoms. The second kappa shape index (κ2) is 6.00. The molecule has 0 unspecified atom stereocenters. The molecule has 0 aliphatic carbocycles. The number of carbonyl (C=O) groups is 1. The highest BCUT2D eigenvalue weighted by atomic mass is 16.2. The van der Waals surface area contributed by atoms with Crippen LogP contribution in [-0.2, 0) is 0 Å². The molecule has 2 aromatic rings. The average Bonchev–Trinajstić information content (AvgIpc) is 2.91. The molecule has 2 atom stereocenters. The van der Waals surface area contributed by atoms with Gasteiger partial charge in [-0.05, 0) is 31.0 Å². The predicted octanol–water partition coefficient (Wildman–Crippen LogP) is 4.10. The van der Waals surface area contributed by atoms with E-state index in [2.05, 4.69) is 36.5 Å². The number of hydrogen-bond acceptors (Lipinski definition) is 1. The van der Waals surface area contributed by atoms with Crippen molar-refractivity contribution in [1.82, 2.24) is 4.90 Å². The Balaban J connectivity index is 1.68. The minimum absolute atomic E-state index is 0.00729. The van der Waals surface area contributed by atoms with Gasteiger partial charge in [-0.1, -0.05) is 48.5 Å². The fourth-order valence-corrected chi connectivity index (χ4v) is 3.00. The molecule has 2 aromatic carbocycles. The van der Waals surface area contributed by atoms with E-state index in [1.807, 2.05) is 41.3 Å². The number of nitrogens with zero attached hydrogens (tertiary/aromatic N) is 1. The van der Waals surface area contributed by atoms with Crippen LogP contribution in [0.4, 0.5) is 10.5 Å². The molecule has 3 rings (SSSR count). The summed E-state index contributed by atoms with van der Waals surface area (Å²) < 4.78 is 0. The van der Waals surface area contributed by atoms with Crippen molar-refractivity contribution >= 4 is 11.7 Å². The average molecular weight is 280 g/mol. The number of rotatable bonds is 2. The van der Waals surface area contributed by atoms with Crippen LogP contribution in [-0.4, -0.2) is 23.5 Å². The van der Waals surface area contributed by atoms with E-state index in [0.29, 0.717) is 5.92 Å². The van der Waals surface area contributed by atoms with Crippen LogP contribution in [0.2, 0.25) is 0 Å². The van der Waals surface area contributed by atoms with Gasteiger partial charge in [-0.2, -0.15) is 0 Å². The van der Waals surface area contributed by atoms with E-state index < -0.39 is 0 Å². The van der Waals surface area contributed by atoms with Crippen LogP contribution < -0.4 is 5.32 Å². The summed E-state index contributed by atoms with van der Waals surface area (Å²) in [4.78, 5) is 14.4. The highest BCUT2D eigenvalue weighted by Crippen LogP contribution is 2.31. The molecule has 1 fully saturated rings. The minimum atomic E-state index is -0.00729. The lowest BCUT2D eigenvalue weighted by Gasteiger charge is -2.22. The van der Waals surface area contributed by atoms with E-state index in [1.165, 1.54) is 5.56 Å². The molecule has 3 heteroatoms. The molecule has 1 N–H and O–H groups in total. The van der Waals surface area contributed by atoms with Crippen molar-refractivity contribution in [3.05, 3.63) is 66.2 Å². The standard InChI is InChI=1S/C18H20N2O/c1-14-12-16(15-8-4-2-5-9-15)13-20(14)18(21)19-17-10-6-3-7-11-17/h2-11,14,16H,12-13H2,1H3,(H,19,21)/t14-,16+/m0/s1. The molecule has 1 aliphatic heterocycles. The zero-order chi connectivity index (χ0) is 14.7. The molecule has 2 amide bonds. The molecule has 0 radical (unpaired) electrons. The first-order valence-corrected chi connectivity index (χ1v) is 7.41. The third-order valence-electron chi connectivity index (χ3n) is 4.13. The Morgan fingerprint density at radius 1 is 1.05 bits per heavy atom. The molecule has 0 spiro atoms. The molecule has 1 saturated heterocycles. The van der Waals surface area contributed by atoms with Crippen LogP contribution in [0, 0.1) is 0 Å². The molecule has 1 heterocycles. The van der Waals surface area contributed by atoms with Crippen molar-refractivity contribution < 1.29 is 4.79 Å². The summed E-state index contributed by atoms with van der Waals surface area (Å²) in [5.41, 5.74) is 2.16. The Kier molecular flexibility index (Phi) is 3.91. The fourth-order valence-electron chi connectivity index (χ4n) is 3.00. The lowest BCUT2D eigenvalue weighted by Crippen LogP contribution is -2.37. The van der Waals surface area contributed by atoms with E-state index in [1.54, 1.807) is 0 Å². The first-order chi connectivity index (χ1) is 10.2. The second-order valence-corrected chi connectivity index (χ2v) is 5.64. The lowest BCUT2D eigenvalue weighted by atomic mass is 9.97. The molecule has 3 nitrogen and oxygen atoms in total. The van der Waals surface area contributed by atoms with Gasteiger partial charge < -0.3 is 10.2 Å². The maximum atomic E-state index is 12.4. The molecular weight excluding hydrogens is 260 g/mol. The van der Waals surface area contributed by atoms with E-state index in [9.17, 15) is 4.79 Å². The highest BCUT2D eigenvalue weighted by Gasteiger charge is 2.33.